The molecule has 1 atom stereocenters. The van der Waals surface area contributed by atoms with Crippen molar-refractivity contribution in [1.82, 2.24) is 9.88 Å². The second-order valence-electron chi connectivity index (χ2n) is 7.46. The SMILES string of the molecule is Cc1ccc(N2CCCN(C3CCN(c4ccc(Cl)c(F)c4)C3=O)CC2)nc1. The molecule has 4 rings (SSSR count). The van der Waals surface area contributed by atoms with Crippen LogP contribution in [-0.4, -0.2) is 54.6 Å². The zero-order valence-electron chi connectivity index (χ0n) is 15.9. The lowest BCUT2D eigenvalue weighted by atomic mass is 10.2. The maximum atomic E-state index is 13.8. The van der Waals surface area contributed by atoms with E-state index in [9.17, 15) is 9.18 Å². The van der Waals surface area contributed by atoms with Crippen molar-refractivity contribution in [3.63, 3.8) is 0 Å². The fourth-order valence-corrected chi connectivity index (χ4v) is 4.16. The van der Waals surface area contributed by atoms with Crippen molar-refractivity contribution in [1.29, 1.82) is 0 Å². The molecule has 2 aliphatic heterocycles. The molecule has 0 N–H and O–H groups in total. The molecule has 0 radical (unpaired) electrons. The molecule has 0 saturated carbocycles. The van der Waals surface area contributed by atoms with Gasteiger partial charge in [-0.05, 0) is 49.6 Å². The normalized spacial score (nSPS) is 21.2. The zero-order valence-corrected chi connectivity index (χ0v) is 16.7. The van der Waals surface area contributed by atoms with Crippen molar-refractivity contribution in [3.05, 3.63) is 52.9 Å². The van der Waals surface area contributed by atoms with Crippen LogP contribution >= 0.6 is 11.6 Å². The van der Waals surface area contributed by atoms with E-state index in [1.54, 1.807) is 11.0 Å². The molecular formula is C21H24ClFN4O. The van der Waals surface area contributed by atoms with E-state index in [4.69, 9.17) is 11.6 Å². The summed E-state index contributed by atoms with van der Waals surface area (Å²) in [5.74, 6) is 0.540. The van der Waals surface area contributed by atoms with Crippen molar-refractivity contribution in [2.24, 2.45) is 0 Å². The summed E-state index contributed by atoms with van der Waals surface area (Å²) in [6.45, 7) is 6.10. The second kappa shape index (κ2) is 8.05. The number of pyridine rings is 1. The molecule has 1 aromatic carbocycles. The average Bonchev–Trinajstić information content (AvgIpc) is 2.91. The van der Waals surface area contributed by atoms with Gasteiger partial charge in [0.05, 0.1) is 11.1 Å². The molecule has 2 saturated heterocycles. The van der Waals surface area contributed by atoms with E-state index in [0.717, 1.165) is 50.4 Å². The standard InChI is InChI=1S/C21H24ClFN4O/c1-15-3-6-20(24-14-15)26-9-2-8-25(11-12-26)19-7-10-27(21(19)28)16-4-5-17(22)18(23)13-16/h3-6,13-14,19H,2,7-12H2,1H3. The lowest BCUT2D eigenvalue weighted by Crippen LogP contribution is -2.43. The minimum Gasteiger partial charge on any atom is -0.355 e. The number of amides is 1. The molecule has 1 unspecified atom stereocenters. The molecular weight excluding hydrogens is 379 g/mol. The summed E-state index contributed by atoms with van der Waals surface area (Å²) in [7, 11) is 0. The smallest absolute Gasteiger partial charge is 0.244 e. The van der Waals surface area contributed by atoms with Crippen molar-refractivity contribution >= 4 is 29.0 Å². The summed E-state index contributed by atoms with van der Waals surface area (Å²) >= 11 is 5.77. The summed E-state index contributed by atoms with van der Waals surface area (Å²) in [6, 6.07) is 8.54. The summed E-state index contributed by atoms with van der Waals surface area (Å²) in [6.07, 6.45) is 3.63. The highest BCUT2D eigenvalue weighted by Gasteiger charge is 2.37. The summed E-state index contributed by atoms with van der Waals surface area (Å²) in [5, 5.41) is 0.0734. The molecule has 0 spiro atoms. The van der Waals surface area contributed by atoms with E-state index in [2.05, 4.69) is 26.9 Å². The number of anilines is 2. The predicted molar refractivity (Wildman–Crippen MR) is 110 cm³/mol. The number of aromatic nitrogens is 1. The number of carbonyl (C=O) groups excluding carboxylic acids is 1. The monoisotopic (exact) mass is 402 g/mol. The Morgan fingerprint density at radius 2 is 1.96 bits per heavy atom. The highest BCUT2D eigenvalue weighted by atomic mass is 35.5. The number of hydrogen-bond acceptors (Lipinski definition) is 4. The van der Waals surface area contributed by atoms with Crippen LogP contribution in [0, 0.1) is 12.7 Å². The van der Waals surface area contributed by atoms with Gasteiger partial charge in [0.15, 0.2) is 0 Å². The number of carbonyl (C=O) groups is 1. The van der Waals surface area contributed by atoms with Gasteiger partial charge in [-0.15, -0.1) is 0 Å². The van der Waals surface area contributed by atoms with E-state index in [-0.39, 0.29) is 17.0 Å². The molecule has 7 heteroatoms. The second-order valence-corrected chi connectivity index (χ2v) is 7.87. The lowest BCUT2D eigenvalue weighted by molar-refractivity contribution is -0.121. The molecule has 28 heavy (non-hydrogen) atoms. The van der Waals surface area contributed by atoms with Gasteiger partial charge in [-0.1, -0.05) is 17.7 Å². The summed E-state index contributed by atoms with van der Waals surface area (Å²) in [4.78, 5) is 23.8. The summed E-state index contributed by atoms with van der Waals surface area (Å²) in [5.41, 5.74) is 1.73. The summed E-state index contributed by atoms with van der Waals surface area (Å²) < 4.78 is 13.8. The van der Waals surface area contributed by atoms with Crippen LogP contribution in [0.2, 0.25) is 5.02 Å². The Morgan fingerprint density at radius 3 is 2.71 bits per heavy atom. The van der Waals surface area contributed by atoms with E-state index >= 15 is 0 Å². The first-order valence-corrected chi connectivity index (χ1v) is 10.1. The Balaban J connectivity index is 1.42. The topological polar surface area (TPSA) is 39.7 Å². The van der Waals surface area contributed by atoms with Crippen molar-refractivity contribution in [2.75, 3.05) is 42.5 Å². The van der Waals surface area contributed by atoms with Gasteiger partial charge in [-0.2, -0.15) is 0 Å². The molecule has 1 amide bonds. The third-order valence-corrected chi connectivity index (χ3v) is 5.89. The van der Waals surface area contributed by atoms with Crippen molar-refractivity contribution in [3.8, 4) is 0 Å². The number of nitrogens with zero attached hydrogens (tertiary/aromatic N) is 4. The third kappa shape index (κ3) is 3.84. The molecule has 2 aromatic rings. The molecule has 0 bridgehead atoms. The predicted octanol–water partition coefficient (Wildman–Crippen LogP) is 3.50. The van der Waals surface area contributed by atoms with Crippen molar-refractivity contribution < 1.29 is 9.18 Å². The van der Waals surface area contributed by atoms with Crippen LogP contribution in [0.25, 0.3) is 0 Å². The molecule has 0 aliphatic carbocycles. The first-order chi connectivity index (χ1) is 13.5. The van der Waals surface area contributed by atoms with E-state index in [0.29, 0.717) is 12.2 Å². The number of hydrogen-bond donors (Lipinski definition) is 0. The fourth-order valence-electron chi connectivity index (χ4n) is 4.04. The highest BCUT2D eigenvalue weighted by molar-refractivity contribution is 6.30. The fraction of sp³-hybridized carbons (Fsp3) is 0.429. The van der Waals surface area contributed by atoms with Crippen LogP contribution in [0.4, 0.5) is 15.9 Å². The van der Waals surface area contributed by atoms with Gasteiger partial charge in [-0.3, -0.25) is 9.69 Å². The van der Waals surface area contributed by atoms with E-state index < -0.39 is 5.82 Å². The third-order valence-electron chi connectivity index (χ3n) is 5.58. The highest BCUT2D eigenvalue weighted by Crippen LogP contribution is 2.28. The maximum absolute atomic E-state index is 13.8. The molecule has 1 aromatic heterocycles. The Bertz CT molecular complexity index is 860. The van der Waals surface area contributed by atoms with Crippen molar-refractivity contribution in [2.45, 2.75) is 25.8 Å². The van der Waals surface area contributed by atoms with Crippen LogP contribution in [0.1, 0.15) is 18.4 Å². The van der Waals surface area contributed by atoms with Gasteiger partial charge in [-0.25, -0.2) is 9.37 Å². The number of rotatable bonds is 3. The lowest BCUT2D eigenvalue weighted by Gasteiger charge is -2.27. The Labute approximate surface area is 169 Å². The number of halogens is 2. The average molecular weight is 403 g/mol. The minimum absolute atomic E-state index is 0.0450. The van der Waals surface area contributed by atoms with Gasteiger partial charge in [0.2, 0.25) is 5.91 Å². The Morgan fingerprint density at radius 1 is 1.11 bits per heavy atom. The zero-order chi connectivity index (χ0) is 19.7. The largest absolute Gasteiger partial charge is 0.355 e. The Kier molecular flexibility index (Phi) is 5.51. The number of benzene rings is 1. The van der Waals surface area contributed by atoms with E-state index in [1.807, 2.05) is 13.1 Å². The first-order valence-electron chi connectivity index (χ1n) is 9.71. The van der Waals surface area contributed by atoms with Gasteiger partial charge in [0, 0.05) is 44.6 Å². The Hall–Kier alpha value is -2.18. The van der Waals surface area contributed by atoms with E-state index in [1.165, 1.54) is 12.1 Å². The molecule has 2 aliphatic rings. The quantitative estimate of drug-likeness (QED) is 0.787. The first kappa shape index (κ1) is 19.2. The van der Waals surface area contributed by atoms with Crippen LogP contribution < -0.4 is 9.80 Å². The molecule has 5 nitrogen and oxygen atoms in total. The molecule has 148 valence electrons. The van der Waals surface area contributed by atoms with Gasteiger partial charge < -0.3 is 9.80 Å². The number of aryl methyl sites for hydroxylation is 1. The molecule has 3 heterocycles. The van der Waals surface area contributed by atoms with Crippen LogP contribution in [0.15, 0.2) is 36.5 Å². The van der Waals surface area contributed by atoms with Crippen LogP contribution in [0.5, 0.6) is 0 Å². The van der Waals surface area contributed by atoms with Gasteiger partial charge >= 0.3 is 0 Å². The van der Waals surface area contributed by atoms with Gasteiger partial charge in [0.25, 0.3) is 0 Å². The maximum Gasteiger partial charge on any atom is 0.244 e. The van der Waals surface area contributed by atoms with Crippen LogP contribution in [-0.2, 0) is 4.79 Å². The minimum atomic E-state index is -0.494. The van der Waals surface area contributed by atoms with Gasteiger partial charge in [0.1, 0.15) is 11.6 Å². The molecule has 2 fully saturated rings. The van der Waals surface area contributed by atoms with Crippen LogP contribution in [0.3, 0.4) is 0 Å².